The van der Waals surface area contributed by atoms with Crippen LogP contribution in [0.1, 0.15) is 38.2 Å². The Morgan fingerprint density at radius 3 is 2.26 bits per heavy atom. The van der Waals surface area contributed by atoms with E-state index in [0.29, 0.717) is 30.8 Å². The normalized spacial score (nSPS) is 20.6. The van der Waals surface area contributed by atoms with Crippen LogP contribution in [-0.2, 0) is 11.3 Å². The summed E-state index contributed by atoms with van der Waals surface area (Å²) in [5.41, 5.74) is 2.42. The molecule has 3 heterocycles. The Labute approximate surface area is 201 Å². The molecule has 3 saturated heterocycles. The fraction of sp³-hybridized carbons (Fsp3) is 0.481. The van der Waals surface area contributed by atoms with Gasteiger partial charge in [-0.15, -0.1) is 0 Å². The maximum atomic E-state index is 13.7. The first-order valence-corrected chi connectivity index (χ1v) is 12.4. The van der Waals surface area contributed by atoms with Crippen molar-refractivity contribution in [1.82, 2.24) is 9.80 Å². The Hall–Kier alpha value is -3.06. The number of anilines is 2. The zero-order chi connectivity index (χ0) is 23.7. The number of likely N-dealkylation sites (tertiary alicyclic amines) is 1. The number of ether oxygens (including phenoxy) is 1. The van der Waals surface area contributed by atoms with E-state index in [1.165, 1.54) is 29.0 Å². The number of carbonyl (C=O) groups is 2. The zero-order valence-electron chi connectivity index (χ0n) is 20.2. The van der Waals surface area contributed by atoms with E-state index in [2.05, 4.69) is 34.1 Å². The van der Waals surface area contributed by atoms with Gasteiger partial charge in [-0.3, -0.25) is 9.69 Å². The van der Waals surface area contributed by atoms with Crippen molar-refractivity contribution in [3.63, 3.8) is 0 Å². The van der Waals surface area contributed by atoms with Crippen LogP contribution in [0.4, 0.5) is 16.2 Å². The van der Waals surface area contributed by atoms with Crippen molar-refractivity contribution in [3.05, 3.63) is 54.1 Å². The van der Waals surface area contributed by atoms with Gasteiger partial charge in [-0.25, -0.2) is 9.69 Å². The molecule has 34 heavy (non-hydrogen) atoms. The van der Waals surface area contributed by atoms with E-state index in [9.17, 15) is 9.59 Å². The number of piperidine rings is 1. The molecule has 0 bridgehead atoms. The number of rotatable bonds is 6. The molecule has 3 fully saturated rings. The summed E-state index contributed by atoms with van der Waals surface area (Å²) in [6.07, 6.45) is 3.86. The van der Waals surface area contributed by atoms with Crippen molar-refractivity contribution in [2.24, 2.45) is 0 Å². The molecule has 0 aromatic heterocycles. The SMILES string of the molecule is CCN1C(=O)N(c2cccc(OC)c2)C(=O)C12CCN(Cc1ccc(N3CCCC3)cc1)CC2. The van der Waals surface area contributed by atoms with Crippen LogP contribution in [-0.4, -0.2) is 67.1 Å². The highest BCUT2D eigenvalue weighted by Crippen LogP contribution is 2.40. The van der Waals surface area contributed by atoms with Gasteiger partial charge in [0, 0.05) is 51.0 Å². The van der Waals surface area contributed by atoms with Gasteiger partial charge in [0.1, 0.15) is 11.3 Å². The van der Waals surface area contributed by atoms with Crippen LogP contribution in [0, 0.1) is 0 Å². The Morgan fingerprint density at radius 1 is 0.912 bits per heavy atom. The van der Waals surface area contributed by atoms with Gasteiger partial charge in [0.15, 0.2) is 0 Å². The summed E-state index contributed by atoms with van der Waals surface area (Å²) in [7, 11) is 1.59. The summed E-state index contributed by atoms with van der Waals surface area (Å²) in [5, 5.41) is 0. The van der Waals surface area contributed by atoms with Crippen molar-refractivity contribution in [1.29, 1.82) is 0 Å². The van der Waals surface area contributed by atoms with Gasteiger partial charge in [-0.05, 0) is 62.4 Å². The lowest BCUT2D eigenvalue weighted by atomic mass is 9.85. The highest BCUT2D eigenvalue weighted by atomic mass is 16.5. The molecule has 0 saturated carbocycles. The van der Waals surface area contributed by atoms with Gasteiger partial charge in [0.05, 0.1) is 12.8 Å². The number of hydrogen-bond acceptors (Lipinski definition) is 5. The van der Waals surface area contributed by atoms with E-state index < -0.39 is 5.54 Å². The van der Waals surface area contributed by atoms with Crippen molar-refractivity contribution in [3.8, 4) is 5.75 Å². The number of carbonyl (C=O) groups excluding carboxylic acids is 2. The lowest BCUT2D eigenvalue weighted by Gasteiger charge is -2.41. The number of likely N-dealkylation sites (N-methyl/N-ethyl adjacent to an activating group) is 1. The van der Waals surface area contributed by atoms with Crippen LogP contribution < -0.4 is 14.5 Å². The second-order valence-electron chi connectivity index (χ2n) is 9.54. The molecule has 1 spiro atoms. The fourth-order valence-corrected chi connectivity index (χ4v) is 5.74. The predicted octanol–water partition coefficient (Wildman–Crippen LogP) is 4.12. The second kappa shape index (κ2) is 9.29. The third-order valence-corrected chi connectivity index (χ3v) is 7.66. The van der Waals surface area contributed by atoms with E-state index in [1.807, 2.05) is 19.1 Å². The van der Waals surface area contributed by atoms with Gasteiger partial charge in [0.2, 0.25) is 0 Å². The maximum Gasteiger partial charge on any atom is 0.332 e. The molecule has 0 radical (unpaired) electrons. The fourth-order valence-electron chi connectivity index (χ4n) is 5.74. The summed E-state index contributed by atoms with van der Waals surface area (Å²) in [5.74, 6) is 0.523. The molecular weight excluding hydrogens is 428 g/mol. The van der Waals surface area contributed by atoms with E-state index in [4.69, 9.17) is 4.74 Å². The quantitative estimate of drug-likeness (QED) is 0.605. The van der Waals surface area contributed by atoms with Crippen LogP contribution in [0.2, 0.25) is 0 Å². The summed E-state index contributed by atoms with van der Waals surface area (Å²) >= 11 is 0. The van der Waals surface area contributed by atoms with Gasteiger partial charge >= 0.3 is 6.03 Å². The number of methoxy groups -OCH3 is 1. The van der Waals surface area contributed by atoms with E-state index >= 15 is 0 Å². The van der Waals surface area contributed by atoms with E-state index in [1.54, 1.807) is 24.1 Å². The Kier molecular flexibility index (Phi) is 6.21. The molecule has 2 aromatic carbocycles. The Bertz CT molecular complexity index is 1040. The third-order valence-electron chi connectivity index (χ3n) is 7.66. The number of nitrogens with zero attached hydrogens (tertiary/aromatic N) is 4. The summed E-state index contributed by atoms with van der Waals surface area (Å²) < 4.78 is 5.31. The average molecular weight is 463 g/mol. The molecule has 0 unspecified atom stereocenters. The van der Waals surface area contributed by atoms with Crippen molar-refractivity contribution in [2.45, 2.75) is 44.7 Å². The minimum absolute atomic E-state index is 0.109. The smallest absolute Gasteiger partial charge is 0.332 e. The third kappa shape index (κ3) is 3.92. The molecule has 3 aliphatic rings. The molecule has 5 rings (SSSR count). The number of imide groups is 1. The van der Waals surface area contributed by atoms with Gasteiger partial charge in [0.25, 0.3) is 5.91 Å². The molecule has 2 aromatic rings. The molecule has 3 amide bonds. The molecule has 0 atom stereocenters. The predicted molar refractivity (Wildman–Crippen MR) is 133 cm³/mol. The first-order chi connectivity index (χ1) is 16.6. The second-order valence-corrected chi connectivity index (χ2v) is 9.54. The highest BCUT2D eigenvalue weighted by molar-refractivity contribution is 6.23. The lowest BCUT2D eigenvalue weighted by molar-refractivity contribution is -0.127. The van der Waals surface area contributed by atoms with Crippen LogP contribution in [0.15, 0.2) is 48.5 Å². The van der Waals surface area contributed by atoms with Crippen LogP contribution in [0.25, 0.3) is 0 Å². The lowest BCUT2D eigenvalue weighted by Crippen LogP contribution is -2.56. The molecule has 7 heteroatoms. The number of amides is 3. The molecule has 180 valence electrons. The van der Waals surface area contributed by atoms with Gasteiger partial charge in [-0.2, -0.15) is 0 Å². The summed E-state index contributed by atoms with van der Waals surface area (Å²) in [4.78, 5) is 35.0. The summed E-state index contributed by atoms with van der Waals surface area (Å²) in [6, 6.07) is 15.9. The average Bonchev–Trinajstić information content (AvgIpc) is 3.47. The largest absolute Gasteiger partial charge is 0.497 e. The van der Waals surface area contributed by atoms with Crippen molar-refractivity contribution in [2.75, 3.05) is 49.6 Å². The molecule has 0 aliphatic carbocycles. The summed E-state index contributed by atoms with van der Waals surface area (Å²) in [6.45, 7) is 7.22. The van der Waals surface area contributed by atoms with Crippen molar-refractivity contribution >= 4 is 23.3 Å². The molecule has 7 nitrogen and oxygen atoms in total. The minimum Gasteiger partial charge on any atom is -0.497 e. The highest BCUT2D eigenvalue weighted by Gasteiger charge is 2.57. The maximum absolute atomic E-state index is 13.7. The first-order valence-electron chi connectivity index (χ1n) is 12.4. The number of benzene rings is 2. The van der Waals surface area contributed by atoms with Crippen LogP contribution >= 0.6 is 0 Å². The monoisotopic (exact) mass is 462 g/mol. The zero-order valence-corrected chi connectivity index (χ0v) is 20.2. The van der Waals surface area contributed by atoms with E-state index in [-0.39, 0.29) is 11.9 Å². The number of hydrogen-bond donors (Lipinski definition) is 0. The standard InChI is InChI=1S/C27H34N4O3/c1-3-30-26(33)31(23-7-6-8-24(19-23)34-2)25(32)27(30)13-17-28(18-14-27)20-21-9-11-22(12-10-21)29-15-4-5-16-29/h6-12,19H,3-5,13-18,20H2,1-2H3. The molecule has 3 aliphatic heterocycles. The topological polar surface area (TPSA) is 56.3 Å². The van der Waals surface area contributed by atoms with Gasteiger partial charge < -0.3 is 14.5 Å². The number of urea groups is 1. The Morgan fingerprint density at radius 2 is 1.62 bits per heavy atom. The molecule has 0 N–H and O–H groups in total. The van der Waals surface area contributed by atoms with Crippen molar-refractivity contribution < 1.29 is 14.3 Å². The Balaban J connectivity index is 1.28. The van der Waals surface area contributed by atoms with Gasteiger partial charge in [-0.1, -0.05) is 18.2 Å². The van der Waals surface area contributed by atoms with E-state index in [0.717, 1.165) is 32.7 Å². The first kappa shape index (κ1) is 22.7. The van der Waals surface area contributed by atoms with Crippen LogP contribution in [0.3, 0.4) is 0 Å². The molecular formula is C27H34N4O3. The van der Waals surface area contributed by atoms with Crippen LogP contribution in [0.5, 0.6) is 5.75 Å². The minimum atomic E-state index is -0.759.